The lowest BCUT2D eigenvalue weighted by Crippen LogP contribution is -2.45. The molecule has 19 heavy (non-hydrogen) atoms. The third-order valence-corrected chi connectivity index (χ3v) is 2.90. The third-order valence-electron chi connectivity index (χ3n) is 2.69. The molecule has 0 spiro atoms. The average Bonchev–Trinajstić information content (AvgIpc) is 2.39. The van der Waals surface area contributed by atoms with Crippen LogP contribution in [0.4, 0.5) is 5.95 Å². The summed E-state index contributed by atoms with van der Waals surface area (Å²) >= 11 is 5.73. The Bertz CT molecular complexity index is 586. The number of aromatic nitrogens is 2. The van der Waals surface area contributed by atoms with Crippen molar-refractivity contribution in [2.75, 3.05) is 5.32 Å². The molecule has 0 aliphatic rings. The Kier molecular flexibility index (Phi) is 3.78. The number of nitrogens with zero attached hydrogens (tertiary/aromatic N) is 2. The number of carbonyl (C=O) groups excluding carboxylic acids is 1. The van der Waals surface area contributed by atoms with E-state index in [0.717, 1.165) is 0 Å². The first kappa shape index (κ1) is 13.5. The van der Waals surface area contributed by atoms with Crippen LogP contribution in [0.25, 0.3) is 0 Å². The lowest BCUT2D eigenvalue weighted by molar-refractivity contribution is -0.120. The van der Waals surface area contributed by atoms with Crippen molar-refractivity contribution in [3.05, 3.63) is 53.3 Å². The molecular formula is C13H13ClN4O. The molecule has 0 bridgehead atoms. The maximum Gasteiger partial charge on any atom is 0.251 e. The summed E-state index contributed by atoms with van der Waals surface area (Å²) in [4.78, 5) is 20.0. The van der Waals surface area contributed by atoms with Gasteiger partial charge in [0.2, 0.25) is 5.95 Å². The van der Waals surface area contributed by atoms with Crippen LogP contribution in [-0.2, 0) is 10.3 Å². The largest absolute Gasteiger partial charge is 0.314 e. The average molecular weight is 277 g/mol. The number of anilines is 1. The number of halogens is 1. The van der Waals surface area contributed by atoms with Gasteiger partial charge in [0.05, 0.1) is 0 Å². The van der Waals surface area contributed by atoms with Crippen molar-refractivity contribution < 1.29 is 4.79 Å². The summed E-state index contributed by atoms with van der Waals surface area (Å²) in [5, 5.41) is 2.80. The second kappa shape index (κ2) is 5.34. The zero-order chi connectivity index (χ0) is 13.9. The summed E-state index contributed by atoms with van der Waals surface area (Å²) in [6, 6.07) is 10.6. The summed E-state index contributed by atoms with van der Waals surface area (Å²) in [7, 11) is 0. The summed E-state index contributed by atoms with van der Waals surface area (Å²) < 4.78 is 0. The smallest absolute Gasteiger partial charge is 0.251 e. The minimum Gasteiger partial charge on any atom is -0.314 e. The number of carbonyl (C=O) groups is 1. The number of amides is 1. The molecule has 1 heterocycles. The SMILES string of the molecule is CC(N)(C(=O)Nc1nccc(Cl)n1)c1ccccc1. The Morgan fingerprint density at radius 1 is 1.32 bits per heavy atom. The predicted octanol–water partition coefficient (Wildman–Crippen LogP) is 1.94. The van der Waals surface area contributed by atoms with E-state index in [2.05, 4.69) is 15.3 Å². The minimum absolute atomic E-state index is 0.130. The van der Waals surface area contributed by atoms with Gasteiger partial charge < -0.3 is 5.73 Å². The molecule has 1 amide bonds. The van der Waals surface area contributed by atoms with Crippen molar-refractivity contribution in [1.82, 2.24) is 9.97 Å². The maximum atomic E-state index is 12.2. The third kappa shape index (κ3) is 3.07. The van der Waals surface area contributed by atoms with E-state index in [0.29, 0.717) is 5.56 Å². The van der Waals surface area contributed by atoms with Gasteiger partial charge in [0, 0.05) is 6.20 Å². The van der Waals surface area contributed by atoms with Crippen molar-refractivity contribution in [2.24, 2.45) is 5.73 Å². The van der Waals surface area contributed by atoms with Gasteiger partial charge in [-0.05, 0) is 18.6 Å². The van der Waals surface area contributed by atoms with Gasteiger partial charge in [-0.3, -0.25) is 10.1 Å². The Morgan fingerprint density at radius 2 is 2.00 bits per heavy atom. The van der Waals surface area contributed by atoms with E-state index in [1.807, 2.05) is 18.2 Å². The molecule has 6 heteroatoms. The minimum atomic E-state index is -1.17. The van der Waals surface area contributed by atoms with E-state index < -0.39 is 11.4 Å². The van der Waals surface area contributed by atoms with Gasteiger partial charge >= 0.3 is 0 Å². The summed E-state index contributed by atoms with van der Waals surface area (Å²) in [6.07, 6.45) is 1.46. The summed E-state index contributed by atoms with van der Waals surface area (Å²) in [6.45, 7) is 1.63. The van der Waals surface area contributed by atoms with Crippen LogP contribution >= 0.6 is 11.6 Å². The highest BCUT2D eigenvalue weighted by Crippen LogP contribution is 2.19. The first-order chi connectivity index (χ1) is 9.00. The molecule has 0 aliphatic carbocycles. The number of hydrogen-bond acceptors (Lipinski definition) is 4. The predicted molar refractivity (Wildman–Crippen MR) is 73.7 cm³/mol. The highest BCUT2D eigenvalue weighted by atomic mass is 35.5. The summed E-state index contributed by atoms with van der Waals surface area (Å²) in [5.74, 6) is -0.272. The van der Waals surface area contributed by atoms with E-state index in [-0.39, 0.29) is 11.1 Å². The monoisotopic (exact) mass is 276 g/mol. The fourth-order valence-corrected chi connectivity index (χ4v) is 1.68. The second-order valence-corrected chi connectivity index (χ2v) is 4.61. The van der Waals surface area contributed by atoms with Gasteiger partial charge in [0.25, 0.3) is 5.91 Å². The zero-order valence-electron chi connectivity index (χ0n) is 10.3. The van der Waals surface area contributed by atoms with E-state index >= 15 is 0 Å². The van der Waals surface area contributed by atoms with Gasteiger partial charge in [0.1, 0.15) is 10.7 Å². The van der Waals surface area contributed by atoms with Gasteiger partial charge in [-0.25, -0.2) is 9.97 Å². The molecule has 0 saturated heterocycles. The van der Waals surface area contributed by atoms with Crippen LogP contribution in [0, 0.1) is 0 Å². The van der Waals surface area contributed by atoms with Crippen molar-refractivity contribution in [2.45, 2.75) is 12.5 Å². The maximum absolute atomic E-state index is 12.2. The lowest BCUT2D eigenvalue weighted by Gasteiger charge is -2.23. The standard InChI is InChI=1S/C13H13ClN4O/c1-13(15,9-5-3-2-4-6-9)11(19)18-12-16-8-7-10(14)17-12/h2-8H,15H2,1H3,(H,16,17,18,19). The van der Waals surface area contributed by atoms with Crippen LogP contribution in [-0.4, -0.2) is 15.9 Å². The number of benzene rings is 1. The fraction of sp³-hybridized carbons (Fsp3) is 0.154. The van der Waals surface area contributed by atoms with Crippen LogP contribution in [0.1, 0.15) is 12.5 Å². The first-order valence-electron chi connectivity index (χ1n) is 5.64. The van der Waals surface area contributed by atoms with Crippen LogP contribution in [0.2, 0.25) is 5.15 Å². The fourth-order valence-electron chi connectivity index (χ4n) is 1.54. The molecule has 1 aromatic heterocycles. The Hall–Kier alpha value is -1.98. The normalized spacial score (nSPS) is 13.6. The summed E-state index contributed by atoms with van der Waals surface area (Å²) in [5.41, 5.74) is 5.60. The van der Waals surface area contributed by atoms with Crippen LogP contribution in [0.5, 0.6) is 0 Å². The van der Waals surface area contributed by atoms with Crippen molar-refractivity contribution in [3.8, 4) is 0 Å². The van der Waals surface area contributed by atoms with Gasteiger partial charge in [0.15, 0.2) is 0 Å². The highest BCUT2D eigenvalue weighted by molar-refractivity contribution is 6.29. The van der Waals surface area contributed by atoms with Gasteiger partial charge in [-0.1, -0.05) is 41.9 Å². The van der Waals surface area contributed by atoms with Gasteiger partial charge in [-0.15, -0.1) is 0 Å². The molecule has 3 N–H and O–H groups in total. The number of nitrogens with two attached hydrogens (primary N) is 1. The Labute approximate surface area is 115 Å². The number of nitrogens with one attached hydrogen (secondary N) is 1. The molecule has 1 aromatic carbocycles. The van der Waals surface area contributed by atoms with E-state index in [9.17, 15) is 4.79 Å². The second-order valence-electron chi connectivity index (χ2n) is 4.23. The van der Waals surface area contributed by atoms with Crippen molar-refractivity contribution >= 4 is 23.5 Å². The van der Waals surface area contributed by atoms with Crippen molar-refractivity contribution in [3.63, 3.8) is 0 Å². The molecule has 5 nitrogen and oxygen atoms in total. The molecule has 98 valence electrons. The molecule has 2 rings (SSSR count). The molecule has 0 fully saturated rings. The molecule has 2 aromatic rings. The van der Waals surface area contributed by atoms with E-state index in [4.69, 9.17) is 17.3 Å². The highest BCUT2D eigenvalue weighted by Gasteiger charge is 2.30. The molecular weight excluding hydrogens is 264 g/mol. The lowest BCUT2D eigenvalue weighted by atomic mass is 9.92. The quantitative estimate of drug-likeness (QED) is 0.840. The van der Waals surface area contributed by atoms with Crippen LogP contribution < -0.4 is 11.1 Å². The van der Waals surface area contributed by atoms with Crippen molar-refractivity contribution in [1.29, 1.82) is 0 Å². The topological polar surface area (TPSA) is 80.9 Å². The van der Waals surface area contributed by atoms with Crippen LogP contribution in [0.3, 0.4) is 0 Å². The van der Waals surface area contributed by atoms with Crippen LogP contribution in [0.15, 0.2) is 42.6 Å². The number of hydrogen-bond donors (Lipinski definition) is 2. The van der Waals surface area contributed by atoms with Gasteiger partial charge in [-0.2, -0.15) is 0 Å². The molecule has 1 atom stereocenters. The molecule has 0 aliphatic heterocycles. The number of rotatable bonds is 3. The Balaban J connectivity index is 2.20. The molecule has 0 saturated carbocycles. The van der Waals surface area contributed by atoms with E-state index in [1.165, 1.54) is 12.3 Å². The van der Waals surface area contributed by atoms with E-state index in [1.54, 1.807) is 19.1 Å². The zero-order valence-corrected chi connectivity index (χ0v) is 11.1. The first-order valence-corrected chi connectivity index (χ1v) is 6.02. The molecule has 0 radical (unpaired) electrons. The Morgan fingerprint density at radius 3 is 2.63 bits per heavy atom. The molecule has 1 unspecified atom stereocenters.